The molecule has 8 nitrogen and oxygen atoms in total. The lowest BCUT2D eigenvalue weighted by Gasteiger charge is -2.17. The fourth-order valence-electron chi connectivity index (χ4n) is 3.75. The van der Waals surface area contributed by atoms with Gasteiger partial charge in [-0.2, -0.15) is 5.10 Å². The normalized spacial score (nSPS) is 22.0. The van der Waals surface area contributed by atoms with Crippen molar-refractivity contribution >= 4 is 31.8 Å². The number of hydrogen-bond donors (Lipinski definition) is 2. The molecule has 0 radical (unpaired) electrons. The standard InChI is InChI=1S/C20H28BrN5O3S/c1-13(2)11-26-17(5-6-23-26)10-24-30(27,28)19-7-15(21)9-22-20(19)25-16-8-18(29-12-16)14-3-4-14/h5-7,9,13-14,16,18,24H,3-4,8,10-12H2,1-2H3,(H,22,25). The SMILES string of the molecule is CC(C)Cn1nccc1CNS(=O)(=O)c1cc(Br)cnc1NC1COC(C2CC2)C1. The van der Waals surface area contributed by atoms with E-state index >= 15 is 0 Å². The predicted octanol–water partition coefficient (Wildman–Crippen LogP) is 3.15. The van der Waals surface area contributed by atoms with Gasteiger partial charge in [0.15, 0.2) is 0 Å². The summed E-state index contributed by atoms with van der Waals surface area (Å²) in [6.07, 6.45) is 6.90. The van der Waals surface area contributed by atoms with E-state index in [4.69, 9.17) is 4.74 Å². The molecule has 164 valence electrons. The summed E-state index contributed by atoms with van der Waals surface area (Å²) in [5.41, 5.74) is 0.821. The first-order valence-corrected chi connectivity index (χ1v) is 12.6. The number of ether oxygens (including phenoxy) is 1. The highest BCUT2D eigenvalue weighted by Gasteiger charge is 2.38. The molecule has 1 aliphatic heterocycles. The Labute approximate surface area is 186 Å². The number of pyridine rings is 1. The van der Waals surface area contributed by atoms with Gasteiger partial charge >= 0.3 is 0 Å². The number of hydrogen-bond acceptors (Lipinski definition) is 6. The molecule has 30 heavy (non-hydrogen) atoms. The van der Waals surface area contributed by atoms with E-state index in [1.807, 2.05) is 10.7 Å². The van der Waals surface area contributed by atoms with Crippen molar-refractivity contribution in [3.05, 3.63) is 34.7 Å². The Kier molecular flexibility index (Phi) is 6.47. The smallest absolute Gasteiger partial charge is 0.244 e. The maximum Gasteiger partial charge on any atom is 0.244 e. The molecule has 2 aromatic rings. The number of halogens is 1. The lowest BCUT2D eigenvalue weighted by molar-refractivity contribution is 0.0935. The molecule has 0 spiro atoms. The highest BCUT2D eigenvalue weighted by molar-refractivity contribution is 9.10. The van der Waals surface area contributed by atoms with Crippen LogP contribution in [0.4, 0.5) is 5.82 Å². The van der Waals surface area contributed by atoms with Crippen LogP contribution in [0.3, 0.4) is 0 Å². The molecular weight excluding hydrogens is 470 g/mol. The molecule has 0 aromatic carbocycles. The van der Waals surface area contributed by atoms with Gasteiger partial charge in [0.1, 0.15) is 10.7 Å². The van der Waals surface area contributed by atoms with Crippen LogP contribution in [0.5, 0.6) is 0 Å². The number of nitrogens with one attached hydrogen (secondary N) is 2. The van der Waals surface area contributed by atoms with Crippen LogP contribution in [0, 0.1) is 11.8 Å². The molecule has 2 unspecified atom stereocenters. The molecule has 1 saturated heterocycles. The summed E-state index contributed by atoms with van der Waals surface area (Å²) < 4.78 is 37.3. The van der Waals surface area contributed by atoms with Crippen LogP contribution < -0.4 is 10.0 Å². The summed E-state index contributed by atoms with van der Waals surface area (Å²) in [6.45, 7) is 5.67. The zero-order valence-electron chi connectivity index (χ0n) is 17.2. The van der Waals surface area contributed by atoms with Crippen molar-refractivity contribution in [2.75, 3.05) is 11.9 Å². The number of aromatic nitrogens is 3. The van der Waals surface area contributed by atoms with Gasteiger partial charge in [-0.05, 0) is 59.2 Å². The molecular formula is C20H28BrN5O3S. The third kappa shape index (κ3) is 5.22. The maximum absolute atomic E-state index is 13.1. The average Bonchev–Trinajstić information content (AvgIpc) is 3.28. The Balaban J connectivity index is 1.48. The Hall–Kier alpha value is -1.49. The van der Waals surface area contributed by atoms with E-state index in [1.165, 1.54) is 12.8 Å². The molecule has 2 aromatic heterocycles. The van der Waals surface area contributed by atoms with Crippen LogP contribution >= 0.6 is 15.9 Å². The fourth-order valence-corrected chi connectivity index (χ4v) is 5.37. The molecule has 0 amide bonds. The van der Waals surface area contributed by atoms with Crippen molar-refractivity contribution in [3.63, 3.8) is 0 Å². The van der Waals surface area contributed by atoms with Crippen molar-refractivity contribution < 1.29 is 13.2 Å². The topological polar surface area (TPSA) is 98.1 Å². The van der Waals surface area contributed by atoms with Crippen molar-refractivity contribution in [1.29, 1.82) is 0 Å². The summed E-state index contributed by atoms with van der Waals surface area (Å²) in [7, 11) is -3.78. The van der Waals surface area contributed by atoms with E-state index in [1.54, 1.807) is 18.5 Å². The van der Waals surface area contributed by atoms with Gasteiger partial charge in [0.05, 0.1) is 31.0 Å². The van der Waals surface area contributed by atoms with E-state index in [-0.39, 0.29) is 23.6 Å². The first-order valence-electron chi connectivity index (χ1n) is 10.4. The van der Waals surface area contributed by atoms with Gasteiger partial charge in [-0.3, -0.25) is 4.68 Å². The first-order chi connectivity index (χ1) is 14.3. The minimum absolute atomic E-state index is 0.0608. The molecule has 1 aliphatic carbocycles. The second kappa shape index (κ2) is 8.94. The monoisotopic (exact) mass is 497 g/mol. The Bertz CT molecular complexity index is 990. The quantitative estimate of drug-likeness (QED) is 0.551. The molecule has 2 fully saturated rings. The van der Waals surface area contributed by atoms with E-state index < -0.39 is 10.0 Å². The molecule has 1 saturated carbocycles. The van der Waals surface area contributed by atoms with Gasteiger partial charge in [0.2, 0.25) is 10.0 Å². The van der Waals surface area contributed by atoms with Gasteiger partial charge < -0.3 is 10.1 Å². The third-order valence-corrected chi connectivity index (χ3v) is 7.26. The van der Waals surface area contributed by atoms with Gasteiger partial charge in [0.25, 0.3) is 0 Å². The van der Waals surface area contributed by atoms with Crippen molar-refractivity contribution in [2.24, 2.45) is 11.8 Å². The van der Waals surface area contributed by atoms with E-state index in [0.29, 0.717) is 28.7 Å². The van der Waals surface area contributed by atoms with Gasteiger partial charge in [-0.15, -0.1) is 0 Å². The summed E-state index contributed by atoms with van der Waals surface area (Å²) >= 11 is 3.35. The lowest BCUT2D eigenvalue weighted by Crippen LogP contribution is -2.28. The predicted molar refractivity (Wildman–Crippen MR) is 118 cm³/mol. The van der Waals surface area contributed by atoms with Crippen LogP contribution in [0.1, 0.15) is 38.8 Å². The second-order valence-corrected chi connectivity index (χ2v) is 11.2. The van der Waals surface area contributed by atoms with Crippen LogP contribution in [-0.4, -0.2) is 41.9 Å². The number of sulfonamides is 1. The molecule has 2 aliphatic rings. The van der Waals surface area contributed by atoms with E-state index in [9.17, 15) is 8.42 Å². The van der Waals surface area contributed by atoms with Crippen molar-refractivity contribution in [3.8, 4) is 0 Å². The largest absolute Gasteiger partial charge is 0.376 e. The molecule has 2 atom stereocenters. The van der Waals surface area contributed by atoms with Gasteiger partial charge in [-0.25, -0.2) is 18.1 Å². The zero-order chi connectivity index (χ0) is 21.3. The minimum Gasteiger partial charge on any atom is -0.376 e. The summed E-state index contributed by atoms with van der Waals surface area (Å²) in [4.78, 5) is 4.47. The molecule has 3 heterocycles. The Morgan fingerprint density at radius 1 is 1.37 bits per heavy atom. The minimum atomic E-state index is -3.78. The van der Waals surface area contributed by atoms with Gasteiger partial charge in [-0.1, -0.05) is 13.8 Å². The van der Waals surface area contributed by atoms with Crippen LogP contribution in [0.25, 0.3) is 0 Å². The molecule has 10 heteroatoms. The van der Waals surface area contributed by atoms with Crippen LogP contribution in [-0.2, 0) is 27.8 Å². The Morgan fingerprint density at radius 2 is 2.17 bits per heavy atom. The second-order valence-electron chi connectivity index (χ2n) is 8.51. The summed E-state index contributed by atoms with van der Waals surface area (Å²) in [6, 6.07) is 3.47. The number of rotatable bonds is 9. The molecule has 0 bridgehead atoms. The van der Waals surface area contributed by atoms with Gasteiger partial charge in [0, 0.05) is 23.4 Å². The average molecular weight is 498 g/mol. The van der Waals surface area contributed by atoms with E-state index in [0.717, 1.165) is 18.7 Å². The maximum atomic E-state index is 13.1. The highest BCUT2D eigenvalue weighted by atomic mass is 79.9. The molecule has 4 rings (SSSR count). The Morgan fingerprint density at radius 3 is 2.90 bits per heavy atom. The fraction of sp³-hybridized carbons (Fsp3) is 0.600. The van der Waals surface area contributed by atoms with Crippen molar-refractivity contribution in [1.82, 2.24) is 19.5 Å². The number of nitrogens with zero attached hydrogens (tertiary/aromatic N) is 3. The van der Waals surface area contributed by atoms with Crippen LogP contribution in [0.2, 0.25) is 0 Å². The third-order valence-electron chi connectivity index (χ3n) is 5.41. The summed E-state index contributed by atoms with van der Waals surface area (Å²) in [5, 5.41) is 7.58. The highest BCUT2D eigenvalue weighted by Crippen LogP contribution is 2.39. The summed E-state index contributed by atoms with van der Waals surface area (Å²) in [5.74, 6) is 1.43. The number of anilines is 1. The first kappa shape index (κ1) is 21.7. The zero-order valence-corrected chi connectivity index (χ0v) is 19.6. The van der Waals surface area contributed by atoms with E-state index in [2.05, 4.69) is 49.9 Å². The van der Waals surface area contributed by atoms with Crippen molar-refractivity contribution in [2.45, 2.75) is 63.2 Å². The lowest BCUT2D eigenvalue weighted by atomic mass is 10.1. The van der Waals surface area contributed by atoms with Crippen LogP contribution in [0.15, 0.2) is 33.9 Å². The molecule has 2 N–H and O–H groups in total.